The molecule has 1 saturated carbocycles. The Morgan fingerprint density at radius 2 is 2.00 bits per heavy atom. The van der Waals surface area contributed by atoms with E-state index in [4.69, 9.17) is 9.47 Å². The fraction of sp³-hybridized carbons (Fsp3) is 0.500. The van der Waals surface area contributed by atoms with E-state index in [9.17, 15) is 26.4 Å². The molecule has 0 atom stereocenters. The molecule has 0 radical (unpaired) electrons. The van der Waals surface area contributed by atoms with Crippen LogP contribution in [0.2, 0.25) is 0 Å². The molecule has 2 saturated heterocycles. The van der Waals surface area contributed by atoms with Crippen LogP contribution in [0.4, 0.5) is 13.2 Å². The zero-order chi connectivity index (χ0) is 22.9. The van der Waals surface area contributed by atoms with E-state index in [2.05, 4.69) is 16.1 Å². The molecule has 3 fully saturated rings. The van der Waals surface area contributed by atoms with Crippen LogP contribution in [0.15, 0.2) is 29.1 Å². The number of benzene rings is 1. The minimum atomic E-state index is -5.77. The number of hydrogen-bond acceptors (Lipinski definition) is 7. The van der Waals surface area contributed by atoms with Crippen LogP contribution in [0.3, 0.4) is 0 Å². The monoisotopic (exact) mass is 472 g/mol. The third kappa shape index (κ3) is 3.45. The summed E-state index contributed by atoms with van der Waals surface area (Å²) in [7, 11) is -5.77. The van der Waals surface area contributed by atoms with E-state index in [1.807, 2.05) is 0 Å². The molecule has 12 heteroatoms. The van der Waals surface area contributed by atoms with Gasteiger partial charge in [0.15, 0.2) is 0 Å². The van der Waals surface area contributed by atoms with E-state index >= 15 is 0 Å². The van der Waals surface area contributed by atoms with Gasteiger partial charge in [-0.1, -0.05) is 6.92 Å². The Balaban J connectivity index is 1.41. The highest BCUT2D eigenvalue weighted by atomic mass is 32.2. The average Bonchev–Trinajstić information content (AvgIpc) is 3.18. The van der Waals surface area contributed by atoms with E-state index in [0.717, 1.165) is 18.9 Å². The Morgan fingerprint density at radius 1 is 1.25 bits per heavy atom. The topological polar surface area (TPSA) is 96.7 Å². The lowest BCUT2D eigenvalue weighted by Crippen LogP contribution is -2.47. The predicted molar refractivity (Wildman–Crippen MR) is 105 cm³/mol. The number of aryl methyl sites for hydroxylation is 1. The molecule has 1 aromatic heterocycles. The zero-order valence-corrected chi connectivity index (χ0v) is 17.8. The van der Waals surface area contributed by atoms with Crippen LogP contribution >= 0.6 is 0 Å². The van der Waals surface area contributed by atoms with Crippen LogP contribution in [0.5, 0.6) is 11.6 Å². The summed E-state index contributed by atoms with van der Waals surface area (Å²) in [6, 6.07) is 5.36. The van der Waals surface area contributed by atoms with E-state index < -0.39 is 27.1 Å². The lowest BCUT2D eigenvalue weighted by molar-refractivity contribution is -0.0500. The summed E-state index contributed by atoms with van der Waals surface area (Å²) in [5, 5.41) is 0. The van der Waals surface area contributed by atoms with Crippen LogP contribution in [0, 0.1) is 5.41 Å². The van der Waals surface area contributed by atoms with Crippen LogP contribution in [-0.2, 0) is 27.8 Å². The van der Waals surface area contributed by atoms with Gasteiger partial charge in [-0.3, -0.25) is 4.57 Å². The van der Waals surface area contributed by atoms with Gasteiger partial charge in [-0.05, 0) is 48.4 Å². The summed E-state index contributed by atoms with van der Waals surface area (Å²) < 4.78 is 77.6. The first-order chi connectivity index (χ1) is 14.9. The summed E-state index contributed by atoms with van der Waals surface area (Å²) in [4.78, 5) is 16.5. The number of halogens is 3. The molecular weight excluding hydrogens is 453 g/mol. The highest BCUT2D eigenvalue weighted by Gasteiger charge is 2.60. The molecule has 0 amide bonds. The zero-order valence-electron chi connectivity index (χ0n) is 16.9. The molecule has 8 nitrogen and oxygen atoms in total. The van der Waals surface area contributed by atoms with Gasteiger partial charge in [0, 0.05) is 18.2 Å². The smallest absolute Gasteiger partial charge is 0.474 e. The molecule has 3 aliphatic heterocycles. The van der Waals surface area contributed by atoms with Crippen molar-refractivity contribution < 1.29 is 35.2 Å². The second kappa shape index (κ2) is 6.70. The van der Waals surface area contributed by atoms with Gasteiger partial charge in [0.05, 0.1) is 12.3 Å². The molecule has 0 N–H and O–H groups in total. The molecule has 172 valence electrons. The molecule has 32 heavy (non-hydrogen) atoms. The summed E-state index contributed by atoms with van der Waals surface area (Å²) in [5.41, 5.74) is -4.61. The molecule has 4 aliphatic rings. The molecular formula is C20H19F3N2O6S. The lowest BCUT2D eigenvalue weighted by Gasteiger charge is -2.41. The van der Waals surface area contributed by atoms with Crippen molar-refractivity contribution in [3.63, 3.8) is 0 Å². The van der Waals surface area contributed by atoms with Gasteiger partial charge >= 0.3 is 21.3 Å². The number of aromatic nitrogens is 2. The summed E-state index contributed by atoms with van der Waals surface area (Å²) >= 11 is 0. The van der Waals surface area contributed by atoms with Crippen LogP contribution < -0.4 is 14.6 Å². The molecule has 4 heterocycles. The second-order valence-electron chi connectivity index (χ2n) is 8.89. The highest BCUT2D eigenvalue weighted by molar-refractivity contribution is 7.88. The largest absolute Gasteiger partial charge is 0.534 e. The first-order valence-electron chi connectivity index (χ1n) is 9.92. The van der Waals surface area contributed by atoms with E-state index in [-0.39, 0.29) is 30.0 Å². The summed E-state index contributed by atoms with van der Waals surface area (Å²) in [6.45, 7) is 3.33. The van der Waals surface area contributed by atoms with Crippen molar-refractivity contribution in [2.45, 2.75) is 43.8 Å². The maximum atomic E-state index is 12.6. The quantitative estimate of drug-likeness (QED) is 0.488. The van der Waals surface area contributed by atoms with Crippen molar-refractivity contribution in [3.05, 3.63) is 40.3 Å². The highest BCUT2D eigenvalue weighted by Crippen LogP contribution is 2.57. The SMILES string of the molecule is CC12COC(COc3cc4n(c(=O)n3)CCc3cc(OS(=O)(=O)C(F)(F)F)ccc3-4)(C1)C2. The first kappa shape index (κ1) is 21.3. The third-order valence-corrected chi connectivity index (χ3v) is 7.12. The number of alkyl halides is 3. The van der Waals surface area contributed by atoms with E-state index in [1.165, 1.54) is 16.7 Å². The Bertz CT molecular complexity index is 1270. The van der Waals surface area contributed by atoms with Crippen LogP contribution in [0.1, 0.15) is 25.3 Å². The predicted octanol–water partition coefficient (Wildman–Crippen LogP) is 2.64. The summed E-state index contributed by atoms with van der Waals surface area (Å²) in [6.07, 6.45) is 2.07. The minimum Gasteiger partial charge on any atom is -0.474 e. The summed E-state index contributed by atoms with van der Waals surface area (Å²) in [5.74, 6) is -0.319. The molecule has 2 bridgehead atoms. The minimum absolute atomic E-state index is 0.132. The van der Waals surface area contributed by atoms with Gasteiger partial charge in [0.2, 0.25) is 5.88 Å². The Hall–Kier alpha value is -2.60. The fourth-order valence-electron chi connectivity index (χ4n) is 4.87. The third-order valence-electron chi connectivity index (χ3n) is 6.14. The van der Waals surface area contributed by atoms with Crippen molar-refractivity contribution in [2.24, 2.45) is 5.41 Å². The number of ether oxygens (including phenoxy) is 2. The molecule has 0 unspecified atom stereocenters. The normalized spacial score (nSPS) is 26.1. The number of nitrogens with zero attached hydrogens (tertiary/aromatic N) is 2. The van der Waals surface area contributed by atoms with Gasteiger partial charge in [-0.25, -0.2) is 4.79 Å². The fourth-order valence-corrected chi connectivity index (χ4v) is 5.32. The van der Waals surface area contributed by atoms with Crippen molar-refractivity contribution >= 4 is 10.1 Å². The number of fused-ring (bicyclic) bond motifs is 4. The van der Waals surface area contributed by atoms with E-state index in [0.29, 0.717) is 29.8 Å². The Morgan fingerprint density at radius 3 is 2.66 bits per heavy atom. The first-order valence-corrected chi connectivity index (χ1v) is 11.3. The van der Waals surface area contributed by atoms with Crippen molar-refractivity contribution in [1.82, 2.24) is 9.55 Å². The van der Waals surface area contributed by atoms with Gasteiger partial charge in [0.1, 0.15) is 18.0 Å². The Labute approximate surface area is 181 Å². The molecule has 1 aromatic carbocycles. The lowest BCUT2D eigenvalue weighted by atomic mass is 9.64. The molecule has 1 aliphatic carbocycles. The molecule has 2 aromatic rings. The standard InChI is InChI=1S/C20H19F3N2O6S/c1-18-8-19(9-18,30-10-18)11-29-16-7-15-14-3-2-13(31-32(27,28)20(21,22)23)6-12(14)4-5-25(15)17(26)24-16/h2-3,6-7H,4-5,8-11H2,1H3. The average molecular weight is 472 g/mol. The van der Waals surface area contributed by atoms with Gasteiger partial charge in [0.25, 0.3) is 0 Å². The molecule has 6 rings (SSSR count). The van der Waals surface area contributed by atoms with Crippen molar-refractivity contribution in [2.75, 3.05) is 13.2 Å². The number of rotatable bonds is 5. The Kier molecular flexibility index (Phi) is 4.45. The maximum Gasteiger partial charge on any atom is 0.534 e. The van der Waals surface area contributed by atoms with Crippen LogP contribution in [0.25, 0.3) is 11.3 Å². The maximum absolute atomic E-state index is 12.6. The van der Waals surface area contributed by atoms with Gasteiger partial charge < -0.3 is 13.7 Å². The van der Waals surface area contributed by atoms with Crippen molar-refractivity contribution in [1.29, 1.82) is 0 Å². The second-order valence-corrected chi connectivity index (χ2v) is 10.4. The van der Waals surface area contributed by atoms with Crippen molar-refractivity contribution in [3.8, 4) is 22.9 Å². The van der Waals surface area contributed by atoms with Crippen LogP contribution in [-0.4, -0.2) is 42.3 Å². The van der Waals surface area contributed by atoms with Gasteiger partial charge in [-0.15, -0.1) is 0 Å². The number of hydrogen-bond donors (Lipinski definition) is 0. The van der Waals surface area contributed by atoms with Gasteiger partial charge in [-0.2, -0.15) is 26.6 Å². The van der Waals surface area contributed by atoms with E-state index in [1.54, 1.807) is 6.07 Å². The molecule has 0 spiro atoms.